The molecule has 1 amide bonds. The third-order valence-electron chi connectivity index (χ3n) is 4.00. The van der Waals surface area contributed by atoms with Gasteiger partial charge < -0.3 is 15.2 Å². The van der Waals surface area contributed by atoms with Crippen molar-refractivity contribution in [2.24, 2.45) is 0 Å². The van der Waals surface area contributed by atoms with Gasteiger partial charge in [-0.2, -0.15) is 0 Å². The van der Waals surface area contributed by atoms with E-state index in [1.54, 1.807) is 39.0 Å². The lowest BCUT2D eigenvalue weighted by Crippen LogP contribution is -2.47. The van der Waals surface area contributed by atoms with Gasteiger partial charge >= 0.3 is 12.1 Å². The van der Waals surface area contributed by atoms with Crippen LogP contribution in [0.5, 0.6) is 0 Å². The van der Waals surface area contributed by atoms with Gasteiger partial charge in [0.05, 0.1) is 0 Å². The monoisotopic (exact) mass is 438 g/mol. The average molecular weight is 439 g/mol. The number of carbonyl (C=O) groups is 2. The highest BCUT2D eigenvalue weighted by Crippen LogP contribution is 2.28. The minimum atomic E-state index is -3.24. The van der Waals surface area contributed by atoms with Crippen LogP contribution in [0.15, 0.2) is 24.3 Å². The molecular formula is C19H26ClF3N2O4. The number of ether oxygens (including phenoxy) is 1. The molecule has 1 aromatic carbocycles. The predicted molar refractivity (Wildman–Crippen MR) is 103 cm³/mol. The molecule has 0 spiro atoms. The van der Waals surface area contributed by atoms with Crippen LogP contribution in [0.2, 0.25) is 5.02 Å². The van der Waals surface area contributed by atoms with E-state index in [1.807, 2.05) is 0 Å². The third-order valence-corrected chi connectivity index (χ3v) is 4.24. The Bertz CT molecular complexity index is 700. The average Bonchev–Trinajstić information content (AvgIpc) is 2.56. The molecule has 0 aliphatic heterocycles. The Labute approximate surface area is 172 Å². The van der Waals surface area contributed by atoms with Crippen molar-refractivity contribution in [3.05, 3.63) is 34.9 Å². The van der Waals surface area contributed by atoms with Crippen LogP contribution in [0.3, 0.4) is 0 Å². The molecule has 0 aromatic heterocycles. The lowest BCUT2D eigenvalue weighted by Gasteiger charge is -2.30. The Morgan fingerprint density at radius 1 is 1.24 bits per heavy atom. The van der Waals surface area contributed by atoms with E-state index in [1.165, 1.54) is 13.0 Å². The van der Waals surface area contributed by atoms with Gasteiger partial charge in [0.1, 0.15) is 11.6 Å². The van der Waals surface area contributed by atoms with E-state index in [9.17, 15) is 27.9 Å². The van der Waals surface area contributed by atoms with Gasteiger partial charge in [-0.3, -0.25) is 5.32 Å². The van der Waals surface area contributed by atoms with Gasteiger partial charge in [-0.15, -0.1) is 0 Å². The van der Waals surface area contributed by atoms with Crippen molar-refractivity contribution < 1.29 is 32.6 Å². The van der Waals surface area contributed by atoms with Crippen molar-refractivity contribution in [1.29, 1.82) is 0 Å². The summed E-state index contributed by atoms with van der Waals surface area (Å²) in [4.78, 5) is 23.7. The quantitative estimate of drug-likeness (QED) is 0.499. The Hall–Kier alpha value is -2.00. The molecule has 164 valence electrons. The normalized spacial score (nSPS) is 16.0. The number of alkyl carbamates (subject to hydrolysis) is 1. The van der Waals surface area contributed by atoms with Crippen molar-refractivity contribution in [3.8, 4) is 0 Å². The molecule has 0 fully saturated rings. The molecule has 0 radical (unpaired) electrons. The van der Waals surface area contributed by atoms with Crippen LogP contribution in [0.4, 0.5) is 18.0 Å². The number of carboxylic acids is 1. The highest BCUT2D eigenvalue weighted by molar-refractivity contribution is 6.30. The fourth-order valence-corrected chi connectivity index (χ4v) is 2.93. The van der Waals surface area contributed by atoms with Crippen LogP contribution in [0, 0.1) is 0 Å². The van der Waals surface area contributed by atoms with E-state index in [2.05, 4.69) is 10.6 Å². The summed E-state index contributed by atoms with van der Waals surface area (Å²) in [7, 11) is 0. The van der Waals surface area contributed by atoms with Gasteiger partial charge in [-0.25, -0.2) is 22.8 Å². The minimum Gasteiger partial charge on any atom is -0.480 e. The number of halogens is 4. The van der Waals surface area contributed by atoms with Crippen LogP contribution in [0.25, 0.3) is 0 Å². The van der Waals surface area contributed by atoms with Gasteiger partial charge in [-0.1, -0.05) is 23.7 Å². The van der Waals surface area contributed by atoms with Crippen LogP contribution in [-0.2, 0) is 9.53 Å². The van der Waals surface area contributed by atoms with Gasteiger partial charge in [0.25, 0.3) is 6.43 Å². The highest BCUT2D eigenvalue weighted by atomic mass is 35.5. The second-order valence-corrected chi connectivity index (χ2v) is 8.06. The number of amides is 1. The smallest absolute Gasteiger partial charge is 0.408 e. The maximum atomic E-state index is 13.5. The zero-order valence-electron chi connectivity index (χ0n) is 16.6. The van der Waals surface area contributed by atoms with Crippen molar-refractivity contribution in [2.45, 2.75) is 70.4 Å². The first kappa shape index (κ1) is 25.0. The molecule has 10 heteroatoms. The number of nitrogens with one attached hydrogen (secondary N) is 2. The molecule has 0 heterocycles. The number of hydrogen-bond acceptors (Lipinski definition) is 4. The number of rotatable bonds is 9. The van der Waals surface area contributed by atoms with Crippen LogP contribution in [-0.4, -0.2) is 47.6 Å². The molecule has 0 bridgehead atoms. The van der Waals surface area contributed by atoms with E-state index in [-0.39, 0.29) is 6.42 Å². The molecule has 0 aliphatic rings. The molecule has 0 saturated carbocycles. The number of benzene rings is 1. The first-order valence-electron chi connectivity index (χ1n) is 8.96. The molecule has 1 aromatic rings. The number of carboxylic acid groups (broad SMARTS) is 1. The Morgan fingerprint density at radius 3 is 2.34 bits per heavy atom. The fourth-order valence-electron chi connectivity index (χ4n) is 2.73. The van der Waals surface area contributed by atoms with Gasteiger partial charge in [0.15, 0.2) is 0 Å². The molecule has 0 saturated heterocycles. The van der Waals surface area contributed by atoms with Gasteiger partial charge in [0.2, 0.25) is 6.30 Å². The topological polar surface area (TPSA) is 87.7 Å². The summed E-state index contributed by atoms with van der Waals surface area (Å²) < 4.78 is 43.8. The minimum absolute atomic E-state index is 0.209. The summed E-state index contributed by atoms with van der Waals surface area (Å²) in [6.45, 7) is 6.31. The number of carbonyl (C=O) groups excluding carboxylic acids is 1. The van der Waals surface area contributed by atoms with Gasteiger partial charge in [-0.05, 0) is 51.8 Å². The van der Waals surface area contributed by atoms with Crippen LogP contribution >= 0.6 is 11.6 Å². The molecule has 0 aliphatic carbocycles. The zero-order chi connectivity index (χ0) is 22.4. The lowest BCUT2D eigenvalue weighted by atomic mass is 9.86. The van der Waals surface area contributed by atoms with Crippen molar-refractivity contribution in [2.75, 3.05) is 0 Å². The molecule has 4 atom stereocenters. The lowest BCUT2D eigenvalue weighted by molar-refractivity contribution is -0.139. The predicted octanol–water partition coefficient (Wildman–Crippen LogP) is 4.33. The molecule has 3 N–H and O–H groups in total. The molecular weight excluding hydrogens is 413 g/mol. The third kappa shape index (κ3) is 8.91. The summed E-state index contributed by atoms with van der Waals surface area (Å²) in [5, 5.41) is 14.2. The number of alkyl halides is 3. The summed E-state index contributed by atoms with van der Waals surface area (Å²) in [5.74, 6) is -2.09. The van der Waals surface area contributed by atoms with E-state index in [0.29, 0.717) is 10.6 Å². The SMILES string of the molecule is CC(NC(F)C(F)F)C(C[C@@H](NC(=O)OC(C)(C)C)C(=O)O)c1cccc(Cl)c1. The number of hydrogen-bond donors (Lipinski definition) is 3. The zero-order valence-corrected chi connectivity index (χ0v) is 17.3. The highest BCUT2D eigenvalue weighted by Gasteiger charge is 2.32. The van der Waals surface area contributed by atoms with Crippen molar-refractivity contribution in [3.63, 3.8) is 0 Å². The van der Waals surface area contributed by atoms with Gasteiger partial charge in [0, 0.05) is 17.0 Å². The van der Waals surface area contributed by atoms with Crippen molar-refractivity contribution >= 4 is 23.7 Å². The Morgan fingerprint density at radius 2 is 1.86 bits per heavy atom. The van der Waals surface area contributed by atoms with E-state index < -0.39 is 48.4 Å². The Balaban J connectivity index is 3.09. The van der Waals surface area contributed by atoms with Crippen LogP contribution in [0.1, 0.15) is 45.6 Å². The largest absolute Gasteiger partial charge is 0.480 e. The maximum Gasteiger partial charge on any atom is 0.408 e. The van der Waals surface area contributed by atoms with Crippen LogP contribution < -0.4 is 10.6 Å². The summed E-state index contributed by atoms with van der Waals surface area (Å²) in [5.41, 5.74) is -0.330. The van der Waals surface area contributed by atoms with E-state index in [4.69, 9.17) is 16.3 Å². The second-order valence-electron chi connectivity index (χ2n) is 7.63. The standard InChI is InChI=1S/C19H26ClF3N2O4/c1-10(24-16(23)15(21)22)13(11-6-5-7-12(20)8-11)9-14(17(26)27)25-18(28)29-19(2,3)4/h5-8,10,13-16,24H,9H2,1-4H3,(H,25,28)(H,26,27)/t10?,13?,14-,16?/m1/s1. The Kier molecular flexibility index (Phi) is 9.22. The summed E-state index contributed by atoms with van der Waals surface area (Å²) in [6.07, 6.45) is -6.98. The van der Waals surface area contributed by atoms with Crippen molar-refractivity contribution in [1.82, 2.24) is 10.6 Å². The molecule has 1 rings (SSSR count). The second kappa shape index (κ2) is 10.7. The van der Waals surface area contributed by atoms with E-state index in [0.717, 1.165) is 0 Å². The summed E-state index contributed by atoms with van der Waals surface area (Å²) >= 11 is 5.99. The molecule has 29 heavy (non-hydrogen) atoms. The first-order chi connectivity index (χ1) is 13.3. The number of aliphatic carboxylic acids is 1. The molecule has 6 nitrogen and oxygen atoms in total. The first-order valence-corrected chi connectivity index (χ1v) is 9.34. The molecule has 3 unspecified atom stereocenters. The maximum absolute atomic E-state index is 13.5. The summed E-state index contributed by atoms with van der Waals surface area (Å²) in [6, 6.07) is 4.06. The van der Waals surface area contributed by atoms with E-state index >= 15 is 0 Å². The fraction of sp³-hybridized carbons (Fsp3) is 0.579.